The van der Waals surface area contributed by atoms with Gasteiger partial charge in [-0.15, -0.1) is 0 Å². The van der Waals surface area contributed by atoms with Crippen LogP contribution in [0.25, 0.3) is 0 Å². The van der Waals surface area contributed by atoms with Crippen LogP contribution < -0.4 is 5.32 Å². The largest absolute Gasteiger partial charge is 0.478 e. The third-order valence-corrected chi connectivity index (χ3v) is 1.86. The summed E-state index contributed by atoms with van der Waals surface area (Å²) < 4.78 is 0. The van der Waals surface area contributed by atoms with Gasteiger partial charge in [0.2, 0.25) is 0 Å². The number of halogens is 1. The monoisotopic (exact) mass is 237 g/mol. The SMILES string of the molecule is CC#CC(=O)Nc1cc(Cl)cc(C(=O)O)c1. The number of rotatable bonds is 2. The zero-order valence-electron chi connectivity index (χ0n) is 8.37. The predicted molar refractivity (Wildman–Crippen MR) is 60.5 cm³/mol. The maximum Gasteiger partial charge on any atom is 0.335 e. The molecule has 0 heterocycles. The Labute approximate surface area is 97.2 Å². The Balaban J connectivity index is 3.00. The molecule has 0 aliphatic rings. The van der Waals surface area contributed by atoms with E-state index < -0.39 is 11.9 Å². The van der Waals surface area contributed by atoms with E-state index in [1.165, 1.54) is 25.1 Å². The number of carbonyl (C=O) groups excluding carboxylic acids is 1. The highest BCUT2D eigenvalue weighted by atomic mass is 35.5. The first-order chi connectivity index (χ1) is 7.52. The minimum absolute atomic E-state index is 0.00672. The van der Waals surface area contributed by atoms with Crippen molar-refractivity contribution in [3.8, 4) is 11.8 Å². The summed E-state index contributed by atoms with van der Waals surface area (Å²) >= 11 is 5.70. The lowest BCUT2D eigenvalue weighted by Crippen LogP contribution is -2.09. The maximum absolute atomic E-state index is 11.1. The van der Waals surface area contributed by atoms with E-state index in [0.29, 0.717) is 5.69 Å². The van der Waals surface area contributed by atoms with Crippen LogP contribution in [0.15, 0.2) is 18.2 Å². The predicted octanol–water partition coefficient (Wildman–Crippen LogP) is 2.00. The number of nitrogens with one attached hydrogen (secondary N) is 1. The Morgan fingerprint density at radius 2 is 2.06 bits per heavy atom. The maximum atomic E-state index is 11.1. The summed E-state index contributed by atoms with van der Waals surface area (Å²) in [4.78, 5) is 21.8. The van der Waals surface area contributed by atoms with Crippen molar-refractivity contribution in [1.29, 1.82) is 0 Å². The van der Waals surface area contributed by atoms with Crippen LogP contribution in [-0.2, 0) is 4.79 Å². The molecular weight excluding hydrogens is 230 g/mol. The number of carboxylic acid groups (broad SMARTS) is 1. The Morgan fingerprint density at radius 1 is 1.38 bits per heavy atom. The molecule has 1 aromatic rings. The van der Waals surface area contributed by atoms with Gasteiger partial charge in [0, 0.05) is 10.7 Å². The molecule has 0 bridgehead atoms. The Kier molecular flexibility index (Phi) is 3.92. The molecule has 0 aliphatic heterocycles. The Hall–Kier alpha value is -1.99. The van der Waals surface area contributed by atoms with Crippen molar-refractivity contribution in [2.24, 2.45) is 0 Å². The number of anilines is 1. The zero-order valence-corrected chi connectivity index (χ0v) is 9.13. The van der Waals surface area contributed by atoms with Crippen LogP contribution >= 0.6 is 11.6 Å². The molecule has 4 nitrogen and oxygen atoms in total. The van der Waals surface area contributed by atoms with E-state index in [2.05, 4.69) is 17.2 Å². The normalized spacial score (nSPS) is 8.88. The minimum Gasteiger partial charge on any atom is -0.478 e. The lowest BCUT2D eigenvalue weighted by molar-refractivity contribution is -0.111. The highest BCUT2D eigenvalue weighted by Gasteiger charge is 2.07. The number of carbonyl (C=O) groups is 2. The highest BCUT2D eigenvalue weighted by molar-refractivity contribution is 6.31. The molecule has 0 saturated carbocycles. The summed E-state index contributed by atoms with van der Waals surface area (Å²) in [5.74, 6) is 3.08. The van der Waals surface area contributed by atoms with E-state index in [9.17, 15) is 9.59 Å². The molecule has 5 heteroatoms. The van der Waals surface area contributed by atoms with Crippen molar-refractivity contribution in [3.05, 3.63) is 28.8 Å². The van der Waals surface area contributed by atoms with Gasteiger partial charge in [0.25, 0.3) is 5.91 Å². The molecule has 0 aliphatic carbocycles. The molecular formula is C11H8ClNO3. The molecule has 16 heavy (non-hydrogen) atoms. The topological polar surface area (TPSA) is 66.4 Å². The van der Waals surface area contributed by atoms with Crippen molar-refractivity contribution in [1.82, 2.24) is 0 Å². The van der Waals surface area contributed by atoms with Crippen molar-refractivity contribution in [2.45, 2.75) is 6.92 Å². The van der Waals surface area contributed by atoms with Gasteiger partial charge in [0.15, 0.2) is 0 Å². The number of benzene rings is 1. The smallest absolute Gasteiger partial charge is 0.335 e. The second-order valence-corrected chi connectivity index (χ2v) is 3.30. The Bertz CT molecular complexity index is 500. The van der Waals surface area contributed by atoms with E-state index in [4.69, 9.17) is 16.7 Å². The number of carboxylic acids is 1. The fourth-order valence-electron chi connectivity index (χ4n) is 1.06. The molecule has 2 N–H and O–H groups in total. The van der Waals surface area contributed by atoms with Crippen LogP contribution in [0.3, 0.4) is 0 Å². The second kappa shape index (κ2) is 5.19. The molecule has 0 unspecified atom stereocenters. The van der Waals surface area contributed by atoms with Gasteiger partial charge in [-0.2, -0.15) is 0 Å². The Morgan fingerprint density at radius 3 is 2.62 bits per heavy atom. The van der Waals surface area contributed by atoms with Crippen molar-refractivity contribution in [3.63, 3.8) is 0 Å². The van der Waals surface area contributed by atoms with Crippen LogP contribution in [0.2, 0.25) is 5.02 Å². The molecule has 0 fully saturated rings. The van der Waals surface area contributed by atoms with E-state index >= 15 is 0 Å². The van der Waals surface area contributed by atoms with Gasteiger partial charge in [0.1, 0.15) is 0 Å². The summed E-state index contributed by atoms with van der Waals surface area (Å²) in [6.45, 7) is 1.53. The van der Waals surface area contributed by atoms with E-state index in [0.717, 1.165) is 0 Å². The minimum atomic E-state index is -1.11. The fourth-order valence-corrected chi connectivity index (χ4v) is 1.30. The molecule has 0 spiro atoms. The molecule has 1 aromatic carbocycles. The average molecular weight is 238 g/mol. The van der Waals surface area contributed by atoms with Gasteiger partial charge in [-0.3, -0.25) is 4.79 Å². The first kappa shape index (κ1) is 12.1. The summed E-state index contributed by atoms with van der Waals surface area (Å²) in [5.41, 5.74) is 0.310. The number of hydrogen-bond acceptors (Lipinski definition) is 2. The van der Waals surface area contributed by atoms with E-state index in [1.807, 2.05) is 0 Å². The first-order valence-electron chi connectivity index (χ1n) is 4.30. The van der Waals surface area contributed by atoms with Gasteiger partial charge in [-0.05, 0) is 31.0 Å². The molecule has 0 radical (unpaired) electrons. The van der Waals surface area contributed by atoms with Gasteiger partial charge >= 0.3 is 5.97 Å². The second-order valence-electron chi connectivity index (χ2n) is 2.86. The van der Waals surface area contributed by atoms with Crippen molar-refractivity contribution < 1.29 is 14.7 Å². The molecule has 0 saturated heterocycles. The molecule has 82 valence electrons. The van der Waals surface area contributed by atoms with Gasteiger partial charge < -0.3 is 10.4 Å². The van der Waals surface area contributed by atoms with Crippen LogP contribution in [-0.4, -0.2) is 17.0 Å². The average Bonchev–Trinajstić information content (AvgIpc) is 2.16. The molecule has 1 amide bonds. The van der Waals surface area contributed by atoms with Gasteiger partial charge in [-0.1, -0.05) is 17.5 Å². The summed E-state index contributed by atoms with van der Waals surface area (Å²) in [6.07, 6.45) is 0. The lowest BCUT2D eigenvalue weighted by atomic mass is 10.2. The van der Waals surface area contributed by atoms with E-state index in [-0.39, 0.29) is 10.6 Å². The van der Waals surface area contributed by atoms with Crippen molar-refractivity contribution in [2.75, 3.05) is 5.32 Å². The fraction of sp³-hybridized carbons (Fsp3) is 0.0909. The third-order valence-electron chi connectivity index (χ3n) is 1.64. The molecule has 0 aromatic heterocycles. The molecule has 0 atom stereocenters. The van der Waals surface area contributed by atoms with Crippen molar-refractivity contribution >= 4 is 29.2 Å². The lowest BCUT2D eigenvalue weighted by Gasteiger charge is -2.03. The van der Waals surface area contributed by atoms with Crippen LogP contribution in [0.4, 0.5) is 5.69 Å². The summed E-state index contributed by atoms with van der Waals surface area (Å²) in [6, 6.07) is 4.05. The third kappa shape index (κ3) is 3.30. The number of amides is 1. The van der Waals surface area contributed by atoms with E-state index in [1.54, 1.807) is 0 Å². The summed E-state index contributed by atoms with van der Waals surface area (Å²) in [7, 11) is 0. The van der Waals surface area contributed by atoms with Gasteiger partial charge in [-0.25, -0.2) is 4.79 Å². The highest BCUT2D eigenvalue weighted by Crippen LogP contribution is 2.19. The van der Waals surface area contributed by atoms with Gasteiger partial charge in [0.05, 0.1) is 5.56 Å². The van der Waals surface area contributed by atoms with Crippen LogP contribution in [0.1, 0.15) is 17.3 Å². The quantitative estimate of drug-likeness (QED) is 0.773. The summed E-state index contributed by atoms with van der Waals surface area (Å²) in [5, 5.41) is 11.4. The standard InChI is InChI=1S/C11H8ClNO3/c1-2-3-10(14)13-9-5-7(11(15)16)4-8(12)6-9/h4-6H,1H3,(H,13,14)(H,15,16). The first-order valence-corrected chi connectivity index (χ1v) is 4.68. The number of aromatic carboxylic acids is 1. The van der Waals surface area contributed by atoms with Crippen LogP contribution in [0, 0.1) is 11.8 Å². The van der Waals surface area contributed by atoms with Crippen LogP contribution in [0.5, 0.6) is 0 Å². The molecule has 1 rings (SSSR count). The number of hydrogen-bond donors (Lipinski definition) is 2. The zero-order chi connectivity index (χ0) is 12.1.